The molecule has 21 heavy (non-hydrogen) atoms. The molecule has 8 nitrogen and oxygen atoms in total. The van der Waals surface area contributed by atoms with Gasteiger partial charge in [0.2, 0.25) is 5.71 Å². The van der Waals surface area contributed by atoms with Gasteiger partial charge in [-0.2, -0.15) is 0 Å². The van der Waals surface area contributed by atoms with Crippen LogP contribution in [0.1, 0.15) is 30.0 Å². The van der Waals surface area contributed by atoms with E-state index < -0.39 is 29.4 Å². The molecule has 2 atom stereocenters. The number of aryl methyl sites for hydroxylation is 1. The zero-order valence-electron chi connectivity index (χ0n) is 11.8. The van der Waals surface area contributed by atoms with E-state index >= 15 is 0 Å². The maximum Gasteiger partial charge on any atom is 0.308 e. The number of H-pyrrole nitrogens is 1. The van der Waals surface area contributed by atoms with Crippen molar-refractivity contribution < 1.29 is 19.1 Å². The molecule has 0 saturated carbocycles. The van der Waals surface area contributed by atoms with Crippen LogP contribution < -0.4 is 10.9 Å². The van der Waals surface area contributed by atoms with Gasteiger partial charge in [-0.05, 0) is 20.8 Å². The number of carboxylic acid groups (broad SMARTS) is 1. The molecule has 0 aliphatic carbocycles. The Morgan fingerprint density at radius 2 is 2.10 bits per heavy atom. The number of carboxylic acids is 1. The Labute approximate surface area is 119 Å². The monoisotopic (exact) mass is 293 g/mol. The molecule has 2 rings (SSSR count). The van der Waals surface area contributed by atoms with Crippen molar-refractivity contribution in [2.45, 2.75) is 26.8 Å². The van der Waals surface area contributed by atoms with E-state index in [4.69, 9.17) is 9.52 Å². The number of hydrogen-bond acceptors (Lipinski definition) is 5. The Morgan fingerprint density at radius 3 is 2.71 bits per heavy atom. The van der Waals surface area contributed by atoms with Gasteiger partial charge in [0, 0.05) is 6.04 Å². The number of nitrogens with one attached hydrogen (secondary N) is 2. The third-order valence-electron chi connectivity index (χ3n) is 3.40. The summed E-state index contributed by atoms with van der Waals surface area (Å²) >= 11 is 0. The van der Waals surface area contributed by atoms with Crippen LogP contribution in [0.5, 0.6) is 0 Å². The SMILES string of the molecule is Cc1oc2nc[nH]c(=O)c2c1C(=O)NC(C)C(C)C(=O)O. The van der Waals surface area contributed by atoms with Crippen LogP contribution >= 0.6 is 0 Å². The highest BCUT2D eigenvalue weighted by Gasteiger charge is 2.26. The number of amides is 1. The standard InChI is InChI=1S/C13H15N3O5/c1-5(13(19)20)6(2)16-11(18)8-7(3)21-12-9(8)10(17)14-4-15-12/h4-6H,1-3H3,(H,16,18)(H,19,20)(H,14,15,17). The second-order valence-electron chi connectivity index (χ2n) is 4.83. The van der Waals surface area contributed by atoms with Crippen LogP contribution in [-0.4, -0.2) is 33.0 Å². The highest BCUT2D eigenvalue weighted by molar-refractivity contribution is 6.06. The van der Waals surface area contributed by atoms with Gasteiger partial charge in [0.25, 0.3) is 11.5 Å². The Morgan fingerprint density at radius 1 is 1.43 bits per heavy atom. The summed E-state index contributed by atoms with van der Waals surface area (Å²) in [5, 5.41) is 11.6. The summed E-state index contributed by atoms with van der Waals surface area (Å²) in [6, 6.07) is -0.602. The van der Waals surface area contributed by atoms with Gasteiger partial charge in [0.1, 0.15) is 11.1 Å². The lowest BCUT2D eigenvalue weighted by Gasteiger charge is -2.17. The molecule has 0 radical (unpaired) electrons. The lowest BCUT2D eigenvalue weighted by atomic mass is 10.0. The number of aromatic nitrogens is 2. The van der Waals surface area contributed by atoms with E-state index in [9.17, 15) is 14.4 Å². The van der Waals surface area contributed by atoms with Crippen LogP contribution in [0.3, 0.4) is 0 Å². The van der Waals surface area contributed by atoms with E-state index in [0.29, 0.717) is 0 Å². The molecule has 2 aromatic heterocycles. The molecule has 0 bridgehead atoms. The Bertz CT molecular complexity index is 761. The average molecular weight is 293 g/mol. The first-order valence-electron chi connectivity index (χ1n) is 6.33. The van der Waals surface area contributed by atoms with Gasteiger partial charge in [-0.3, -0.25) is 14.4 Å². The summed E-state index contributed by atoms with van der Waals surface area (Å²) in [7, 11) is 0. The fourth-order valence-electron chi connectivity index (χ4n) is 1.94. The zero-order valence-corrected chi connectivity index (χ0v) is 11.8. The molecule has 0 aromatic carbocycles. The number of carbonyl (C=O) groups excluding carboxylic acids is 1. The van der Waals surface area contributed by atoms with E-state index in [1.807, 2.05) is 0 Å². The smallest absolute Gasteiger partial charge is 0.308 e. The minimum absolute atomic E-state index is 0.0580. The third kappa shape index (κ3) is 2.64. The van der Waals surface area contributed by atoms with Gasteiger partial charge in [-0.25, -0.2) is 4.98 Å². The maximum atomic E-state index is 12.3. The Hall–Kier alpha value is -2.64. The van der Waals surface area contributed by atoms with Crippen molar-refractivity contribution >= 4 is 23.0 Å². The van der Waals surface area contributed by atoms with Crippen molar-refractivity contribution in [1.29, 1.82) is 0 Å². The number of rotatable bonds is 4. The van der Waals surface area contributed by atoms with Gasteiger partial charge < -0.3 is 19.8 Å². The van der Waals surface area contributed by atoms with E-state index in [-0.39, 0.29) is 22.4 Å². The molecule has 0 aliphatic rings. The molecule has 0 fully saturated rings. The number of nitrogens with zero attached hydrogens (tertiary/aromatic N) is 1. The molecular formula is C13H15N3O5. The predicted molar refractivity (Wildman–Crippen MR) is 73.1 cm³/mol. The maximum absolute atomic E-state index is 12.3. The summed E-state index contributed by atoms with van der Waals surface area (Å²) in [6.45, 7) is 4.61. The fourth-order valence-corrected chi connectivity index (χ4v) is 1.94. The summed E-state index contributed by atoms with van der Waals surface area (Å²) in [4.78, 5) is 41.2. The number of aliphatic carboxylic acids is 1. The van der Waals surface area contributed by atoms with Gasteiger partial charge in [0.05, 0.1) is 17.8 Å². The van der Waals surface area contributed by atoms with Crippen molar-refractivity contribution in [3.8, 4) is 0 Å². The molecule has 2 heterocycles. The Kier molecular flexibility index (Phi) is 3.79. The first-order valence-corrected chi connectivity index (χ1v) is 6.33. The minimum Gasteiger partial charge on any atom is -0.481 e. The van der Waals surface area contributed by atoms with Crippen LogP contribution in [-0.2, 0) is 4.79 Å². The van der Waals surface area contributed by atoms with E-state index in [1.54, 1.807) is 13.8 Å². The first kappa shape index (κ1) is 14.8. The minimum atomic E-state index is -1.02. The summed E-state index contributed by atoms with van der Waals surface area (Å²) in [6.07, 6.45) is 1.18. The summed E-state index contributed by atoms with van der Waals surface area (Å²) in [5.41, 5.74) is -0.343. The van der Waals surface area contributed by atoms with Crippen molar-refractivity contribution in [2.75, 3.05) is 0 Å². The fraction of sp³-hybridized carbons (Fsp3) is 0.385. The second-order valence-corrected chi connectivity index (χ2v) is 4.83. The van der Waals surface area contributed by atoms with Crippen molar-refractivity contribution in [3.05, 3.63) is 28.0 Å². The summed E-state index contributed by atoms with van der Waals surface area (Å²) < 4.78 is 5.28. The predicted octanol–water partition coefficient (Wildman–Crippen LogP) is 0.664. The van der Waals surface area contributed by atoms with Crippen LogP contribution in [0.2, 0.25) is 0 Å². The molecule has 2 unspecified atom stereocenters. The van der Waals surface area contributed by atoms with Gasteiger partial charge in [-0.15, -0.1) is 0 Å². The average Bonchev–Trinajstić information content (AvgIpc) is 2.75. The molecule has 112 valence electrons. The Balaban J connectivity index is 2.38. The highest BCUT2D eigenvalue weighted by atomic mass is 16.4. The number of carbonyl (C=O) groups is 2. The van der Waals surface area contributed by atoms with Crippen LogP contribution in [0.25, 0.3) is 11.1 Å². The van der Waals surface area contributed by atoms with Gasteiger partial charge in [0.15, 0.2) is 0 Å². The quantitative estimate of drug-likeness (QED) is 0.760. The molecule has 0 saturated heterocycles. The van der Waals surface area contributed by atoms with E-state index in [1.165, 1.54) is 13.3 Å². The van der Waals surface area contributed by atoms with E-state index in [2.05, 4.69) is 15.3 Å². The van der Waals surface area contributed by atoms with Crippen molar-refractivity contribution in [3.63, 3.8) is 0 Å². The molecule has 2 aromatic rings. The van der Waals surface area contributed by atoms with Gasteiger partial charge in [-0.1, -0.05) is 0 Å². The number of aromatic amines is 1. The third-order valence-corrected chi connectivity index (χ3v) is 3.40. The lowest BCUT2D eigenvalue weighted by molar-refractivity contribution is -0.141. The lowest BCUT2D eigenvalue weighted by Crippen LogP contribution is -2.40. The largest absolute Gasteiger partial charge is 0.481 e. The number of fused-ring (bicyclic) bond motifs is 1. The van der Waals surface area contributed by atoms with Crippen LogP contribution in [0.4, 0.5) is 0 Å². The van der Waals surface area contributed by atoms with Gasteiger partial charge >= 0.3 is 5.97 Å². The molecular weight excluding hydrogens is 278 g/mol. The zero-order chi connectivity index (χ0) is 15.7. The summed E-state index contributed by atoms with van der Waals surface area (Å²) in [5.74, 6) is -2.09. The number of furan rings is 1. The normalized spacial score (nSPS) is 13.9. The molecule has 1 amide bonds. The van der Waals surface area contributed by atoms with Crippen molar-refractivity contribution in [1.82, 2.24) is 15.3 Å². The van der Waals surface area contributed by atoms with Crippen molar-refractivity contribution in [2.24, 2.45) is 5.92 Å². The van der Waals surface area contributed by atoms with E-state index in [0.717, 1.165) is 0 Å². The molecule has 0 spiro atoms. The highest BCUT2D eigenvalue weighted by Crippen LogP contribution is 2.20. The number of hydrogen-bond donors (Lipinski definition) is 3. The molecule has 0 aliphatic heterocycles. The molecule has 3 N–H and O–H groups in total. The van der Waals surface area contributed by atoms with Crippen LogP contribution in [0, 0.1) is 12.8 Å². The van der Waals surface area contributed by atoms with Crippen LogP contribution in [0.15, 0.2) is 15.5 Å². The molecule has 8 heteroatoms. The second kappa shape index (κ2) is 5.39. The first-order chi connectivity index (χ1) is 9.82. The topological polar surface area (TPSA) is 125 Å².